The average molecular weight is 260 g/mol. The zero-order valence-electron chi connectivity index (χ0n) is 11.1. The summed E-state index contributed by atoms with van der Waals surface area (Å²) in [6, 6.07) is 9.28. The van der Waals surface area contributed by atoms with Gasteiger partial charge in [0.05, 0.1) is 11.3 Å². The summed E-state index contributed by atoms with van der Waals surface area (Å²) < 4.78 is 0. The van der Waals surface area contributed by atoms with Gasteiger partial charge in [-0.15, -0.1) is 11.8 Å². The molecule has 2 nitrogen and oxygen atoms in total. The minimum Gasteiger partial charge on any atom is -0.367 e. The van der Waals surface area contributed by atoms with Crippen LogP contribution in [-0.2, 0) is 0 Å². The molecule has 2 rings (SSSR count). The first-order valence-corrected chi connectivity index (χ1v) is 7.88. The number of rotatable bonds is 6. The smallest absolute Gasteiger partial charge is 0.103 e. The highest BCUT2D eigenvalue weighted by molar-refractivity contribution is 7.98. The Hall–Kier alpha value is -1.14. The van der Waals surface area contributed by atoms with Crippen LogP contribution in [0.15, 0.2) is 23.1 Å². The van der Waals surface area contributed by atoms with E-state index in [0.717, 1.165) is 22.7 Å². The van der Waals surface area contributed by atoms with Crippen molar-refractivity contribution in [2.24, 2.45) is 0 Å². The van der Waals surface area contributed by atoms with Crippen molar-refractivity contribution in [2.45, 2.75) is 43.5 Å². The summed E-state index contributed by atoms with van der Waals surface area (Å²) in [5.41, 5.74) is 1.99. The van der Waals surface area contributed by atoms with Crippen LogP contribution in [0.3, 0.4) is 0 Å². The Balaban J connectivity index is 2.31. The second-order valence-corrected chi connectivity index (χ2v) is 5.59. The number of thioether (sulfide) groups is 1. The van der Waals surface area contributed by atoms with Gasteiger partial charge in [-0.3, -0.25) is 0 Å². The lowest BCUT2D eigenvalue weighted by Gasteiger charge is -2.26. The largest absolute Gasteiger partial charge is 0.367 e. The molecule has 0 saturated heterocycles. The fourth-order valence-electron chi connectivity index (χ4n) is 2.26. The van der Waals surface area contributed by atoms with Crippen LogP contribution in [0.2, 0.25) is 0 Å². The van der Waals surface area contributed by atoms with Gasteiger partial charge in [-0.1, -0.05) is 19.4 Å². The van der Waals surface area contributed by atoms with Gasteiger partial charge in [-0.05, 0) is 37.7 Å². The molecular formula is C15H20N2S. The maximum absolute atomic E-state index is 9.42. The van der Waals surface area contributed by atoms with Crippen molar-refractivity contribution in [2.75, 3.05) is 17.7 Å². The Morgan fingerprint density at radius 2 is 2.22 bits per heavy atom. The second kappa shape index (κ2) is 6.15. The molecule has 0 aliphatic heterocycles. The number of unbranched alkanes of at least 4 members (excludes halogenated alkanes) is 1. The summed E-state index contributed by atoms with van der Waals surface area (Å²) in [5.74, 6) is 0. The van der Waals surface area contributed by atoms with Gasteiger partial charge in [0.1, 0.15) is 6.07 Å². The first kappa shape index (κ1) is 13.3. The lowest BCUT2D eigenvalue weighted by Crippen LogP contribution is -2.27. The van der Waals surface area contributed by atoms with E-state index < -0.39 is 0 Å². The van der Waals surface area contributed by atoms with Crippen LogP contribution in [0.5, 0.6) is 0 Å². The molecule has 1 saturated carbocycles. The van der Waals surface area contributed by atoms with Gasteiger partial charge in [-0.2, -0.15) is 5.26 Å². The molecule has 0 heterocycles. The number of hydrogen-bond acceptors (Lipinski definition) is 3. The molecule has 18 heavy (non-hydrogen) atoms. The summed E-state index contributed by atoms with van der Waals surface area (Å²) in [4.78, 5) is 3.54. The summed E-state index contributed by atoms with van der Waals surface area (Å²) in [5, 5.41) is 9.42. The summed E-state index contributed by atoms with van der Waals surface area (Å²) in [6.07, 6.45) is 6.99. The lowest BCUT2D eigenvalue weighted by molar-refractivity contribution is 0.711. The van der Waals surface area contributed by atoms with Crippen LogP contribution in [-0.4, -0.2) is 18.8 Å². The molecule has 1 aromatic carbocycles. The van der Waals surface area contributed by atoms with E-state index in [4.69, 9.17) is 0 Å². The quantitative estimate of drug-likeness (QED) is 0.722. The van der Waals surface area contributed by atoms with Crippen molar-refractivity contribution in [3.63, 3.8) is 0 Å². The van der Waals surface area contributed by atoms with Crippen LogP contribution in [0.1, 0.15) is 38.2 Å². The Kier molecular flexibility index (Phi) is 4.54. The minimum atomic E-state index is 0.667. The standard InChI is InChI=1S/C15H20N2S/c1-3-4-10-17(12-8-9-12)14-6-5-7-15(18-2)13(14)11-16/h5-7,12H,3-4,8-10H2,1-2H3. The number of nitrogens with zero attached hydrogens (tertiary/aromatic N) is 2. The van der Waals surface area contributed by atoms with E-state index in [9.17, 15) is 5.26 Å². The van der Waals surface area contributed by atoms with Gasteiger partial charge >= 0.3 is 0 Å². The summed E-state index contributed by atoms with van der Waals surface area (Å²) in [6.45, 7) is 3.29. The zero-order valence-corrected chi connectivity index (χ0v) is 12.0. The Labute approximate surface area is 114 Å². The van der Waals surface area contributed by atoms with Crippen LogP contribution in [0.25, 0.3) is 0 Å². The van der Waals surface area contributed by atoms with E-state index in [1.54, 1.807) is 11.8 Å². The maximum Gasteiger partial charge on any atom is 0.103 e. The third-order valence-corrected chi connectivity index (χ3v) is 4.17. The van der Waals surface area contributed by atoms with Crippen LogP contribution < -0.4 is 4.90 Å². The molecule has 96 valence electrons. The summed E-state index contributed by atoms with van der Waals surface area (Å²) >= 11 is 1.66. The van der Waals surface area contributed by atoms with E-state index in [1.165, 1.54) is 25.7 Å². The number of benzene rings is 1. The third-order valence-electron chi connectivity index (χ3n) is 3.39. The van der Waals surface area contributed by atoms with Crippen molar-refractivity contribution in [3.8, 4) is 6.07 Å². The van der Waals surface area contributed by atoms with Crippen LogP contribution in [0, 0.1) is 11.3 Å². The van der Waals surface area contributed by atoms with Crippen LogP contribution >= 0.6 is 11.8 Å². The first-order valence-electron chi connectivity index (χ1n) is 6.65. The molecule has 0 N–H and O–H groups in total. The molecule has 1 aliphatic rings. The van der Waals surface area contributed by atoms with Gasteiger partial charge < -0.3 is 4.90 Å². The van der Waals surface area contributed by atoms with Gasteiger partial charge in [0.25, 0.3) is 0 Å². The molecule has 0 unspecified atom stereocenters. The predicted octanol–water partition coefficient (Wildman–Crippen LogP) is 4.05. The third kappa shape index (κ3) is 2.81. The van der Waals surface area contributed by atoms with E-state index in [1.807, 2.05) is 12.3 Å². The molecular weight excluding hydrogens is 240 g/mol. The molecule has 0 atom stereocenters. The fraction of sp³-hybridized carbons (Fsp3) is 0.533. The predicted molar refractivity (Wildman–Crippen MR) is 78.2 cm³/mol. The molecule has 0 amide bonds. The van der Waals surface area contributed by atoms with Crippen molar-refractivity contribution >= 4 is 17.4 Å². The Bertz CT molecular complexity index is 446. The topological polar surface area (TPSA) is 27.0 Å². The number of anilines is 1. The van der Waals surface area contributed by atoms with Crippen molar-refractivity contribution in [1.29, 1.82) is 5.26 Å². The molecule has 1 aromatic rings. The Morgan fingerprint density at radius 3 is 2.78 bits per heavy atom. The fourth-order valence-corrected chi connectivity index (χ4v) is 2.82. The molecule has 1 aliphatic carbocycles. The van der Waals surface area contributed by atoms with Crippen molar-refractivity contribution < 1.29 is 0 Å². The van der Waals surface area contributed by atoms with Gasteiger partial charge in [-0.25, -0.2) is 0 Å². The molecule has 3 heteroatoms. The van der Waals surface area contributed by atoms with Crippen molar-refractivity contribution in [1.82, 2.24) is 0 Å². The van der Waals surface area contributed by atoms with Gasteiger partial charge in [0, 0.05) is 17.5 Å². The highest BCUT2D eigenvalue weighted by Gasteiger charge is 2.30. The molecule has 0 aromatic heterocycles. The van der Waals surface area contributed by atoms with E-state index >= 15 is 0 Å². The number of nitriles is 1. The minimum absolute atomic E-state index is 0.667. The second-order valence-electron chi connectivity index (χ2n) is 4.74. The van der Waals surface area contributed by atoms with Crippen LogP contribution in [0.4, 0.5) is 5.69 Å². The SMILES string of the molecule is CCCCN(c1cccc(SC)c1C#N)C1CC1. The lowest BCUT2D eigenvalue weighted by atomic mass is 10.1. The maximum atomic E-state index is 9.42. The number of hydrogen-bond donors (Lipinski definition) is 0. The zero-order chi connectivity index (χ0) is 13.0. The Morgan fingerprint density at radius 1 is 1.44 bits per heavy atom. The average Bonchev–Trinajstić information content (AvgIpc) is 3.23. The first-order chi connectivity index (χ1) is 8.81. The molecule has 0 radical (unpaired) electrons. The monoisotopic (exact) mass is 260 g/mol. The van der Waals surface area contributed by atoms with Gasteiger partial charge in [0.2, 0.25) is 0 Å². The molecule has 1 fully saturated rings. The van der Waals surface area contributed by atoms with Crippen molar-refractivity contribution in [3.05, 3.63) is 23.8 Å². The van der Waals surface area contributed by atoms with Gasteiger partial charge in [0.15, 0.2) is 0 Å². The van der Waals surface area contributed by atoms with E-state index in [2.05, 4.69) is 30.0 Å². The highest BCUT2D eigenvalue weighted by Crippen LogP contribution is 2.36. The van der Waals surface area contributed by atoms with E-state index in [0.29, 0.717) is 6.04 Å². The normalized spacial score (nSPS) is 14.3. The molecule has 0 bridgehead atoms. The van der Waals surface area contributed by atoms with E-state index in [-0.39, 0.29) is 0 Å². The molecule has 0 spiro atoms. The summed E-state index contributed by atoms with van der Waals surface area (Å²) in [7, 11) is 0. The highest BCUT2D eigenvalue weighted by atomic mass is 32.2.